The SMILES string of the molecule is COC(=O)CCCN1CCC1C(N)=O. The average molecular weight is 200 g/mol. The van der Waals surface area contributed by atoms with Crippen LogP contribution in [0.1, 0.15) is 19.3 Å². The van der Waals surface area contributed by atoms with Gasteiger partial charge in [-0.2, -0.15) is 0 Å². The number of ether oxygens (including phenoxy) is 1. The fourth-order valence-electron chi connectivity index (χ4n) is 1.56. The van der Waals surface area contributed by atoms with E-state index in [4.69, 9.17) is 5.73 Å². The first-order valence-corrected chi connectivity index (χ1v) is 4.75. The minimum atomic E-state index is -0.269. The quantitative estimate of drug-likeness (QED) is 0.607. The molecule has 0 radical (unpaired) electrons. The molecule has 5 nitrogen and oxygen atoms in total. The third-order valence-corrected chi connectivity index (χ3v) is 2.51. The molecule has 0 aromatic carbocycles. The molecule has 0 saturated carbocycles. The molecule has 0 aromatic heterocycles. The maximum Gasteiger partial charge on any atom is 0.305 e. The van der Waals surface area contributed by atoms with E-state index in [9.17, 15) is 9.59 Å². The van der Waals surface area contributed by atoms with Crippen molar-refractivity contribution in [1.29, 1.82) is 0 Å². The van der Waals surface area contributed by atoms with E-state index in [0.29, 0.717) is 6.42 Å². The molecule has 0 aliphatic carbocycles. The van der Waals surface area contributed by atoms with Crippen LogP contribution in [0.3, 0.4) is 0 Å². The molecular formula is C9H16N2O3. The van der Waals surface area contributed by atoms with E-state index in [1.807, 2.05) is 4.90 Å². The molecular weight excluding hydrogens is 184 g/mol. The largest absolute Gasteiger partial charge is 0.469 e. The van der Waals surface area contributed by atoms with Crippen molar-refractivity contribution < 1.29 is 14.3 Å². The van der Waals surface area contributed by atoms with E-state index in [-0.39, 0.29) is 17.9 Å². The Balaban J connectivity index is 2.13. The highest BCUT2D eigenvalue weighted by Gasteiger charge is 2.31. The lowest BCUT2D eigenvalue weighted by Gasteiger charge is -2.38. The summed E-state index contributed by atoms with van der Waals surface area (Å²) in [5.41, 5.74) is 5.17. The van der Waals surface area contributed by atoms with Gasteiger partial charge >= 0.3 is 5.97 Å². The van der Waals surface area contributed by atoms with Gasteiger partial charge in [0.2, 0.25) is 5.91 Å². The summed E-state index contributed by atoms with van der Waals surface area (Å²) >= 11 is 0. The lowest BCUT2D eigenvalue weighted by Crippen LogP contribution is -2.54. The van der Waals surface area contributed by atoms with Gasteiger partial charge in [-0.1, -0.05) is 0 Å². The average Bonchev–Trinajstić information content (AvgIpc) is 2.08. The number of nitrogens with zero attached hydrogens (tertiary/aromatic N) is 1. The Morgan fingerprint density at radius 3 is 2.71 bits per heavy atom. The Morgan fingerprint density at radius 2 is 2.29 bits per heavy atom. The summed E-state index contributed by atoms with van der Waals surface area (Å²) < 4.78 is 4.51. The Hall–Kier alpha value is -1.10. The molecule has 1 aliphatic rings. The van der Waals surface area contributed by atoms with Crippen molar-refractivity contribution in [2.45, 2.75) is 25.3 Å². The molecule has 1 unspecified atom stereocenters. The molecule has 80 valence electrons. The second-order valence-electron chi connectivity index (χ2n) is 3.42. The number of hydrogen-bond donors (Lipinski definition) is 1. The summed E-state index contributed by atoms with van der Waals surface area (Å²) in [5, 5.41) is 0. The smallest absolute Gasteiger partial charge is 0.305 e. The van der Waals surface area contributed by atoms with Crippen molar-refractivity contribution in [2.75, 3.05) is 20.2 Å². The summed E-state index contributed by atoms with van der Waals surface area (Å²) in [6.07, 6.45) is 1.96. The molecule has 1 aliphatic heterocycles. The van der Waals surface area contributed by atoms with Crippen molar-refractivity contribution in [3.05, 3.63) is 0 Å². The lowest BCUT2D eigenvalue weighted by atomic mass is 10.0. The zero-order chi connectivity index (χ0) is 10.6. The van der Waals surface area contributed by atoms with Gasteiger partial charge in [-0.3, -0.25) is 14.5 Å². The van der Waals surface area contributed by atoms with Crippen LogP contribution in [0.25, 0.3) is 0 Å². The van der Waals surface area contributed by atoms with Crippen LogP contribution >= 0.6 is 0 Å². The zero-order valence-corrected chi connectivity index (χ0v) is 8.36. The topological polar surface area (TPSA) is 72.6 Å². The van der Waals surface area contributed by atoms with E-state index >= 15 is 0 Å². The number of carbonyl (C=O) groups is 2. The summed E-state index contributed by atoms with van der Waals surface area (Å²) in [4.78, 5) is 23.6. The van der Waals surface area contributed by atoms with Crippen LogP contribution in [0.2, 0.25) is 0 Å². The van der Waals surface area contributed by atoms with Gasteiger partial charge in [0.15, 0.2) is 0 Å². The number of nitrogens with two attached hydrogens (primary N) is 1. The molecule has 2 N–H and O–H groups in total. The monoisotopic (exact) mass is 200 g/mol. The summed E-state index contributed by atoms with van der Waals surface area (Å²) in [6, 6.07) is -0.118. The highest BCUT2D eigenvalue weighted by atomic mass is 16.5. The van der Waals surface area contributed by atoms with Crippen LogP contribution in [0.15, 0.2) is 0 Å². The van der Waals surface area contributed by atoms with E-state index in [1.54, 1.807) is 0 Å². The Labute approximate surface area is 83.2 Å². The van der Waals surface area contributed by atoms with Gasteiger partial charge in [0, 0.05) is 13.0 Å². The number of likely N-dealkylation sites (tertiary alicyclic amines) is 1. The van der Waals surface area contributed by atoms with Gasteiger partial charge in [-0.05, 0) is 19.4 Å². The number of methoxy groups -OCH3 is 1. The summed E-state index contributed by atoms with van der Waals surface area (Å²) in [5.74, 6) is -0.476. The maximum atomic E-state index is 10.8. The predicted octanol–water partition coefficient (Wildman–Crippen LogP) is -0.501. The molecule has 1 atom stereocenters. The molecule has 0 bridgehead atoms. The molecule has 14 heavy (non-hydrogen) atoms. The van der Waals surface area contributed by atoms with E-state index in [2.05, 4.69) is 4.74 Å². The molecule has 1 rings (SSSR count). The third kappa shape index (κ3) is 2.70. The van der Waals surface area contributed by atoms with Crippen molar-refractivity contribution in [3.63, 3.8) is 0 Å². The highest BCUT2D eigenvalue weighted by Crippen LogP contribution is 2.17. The van der Waals surface area contributed by atoms with E-state index in [0.717, 1.165) is 25.9 Å². The predicted molar refractivity (Wildman–Crippen MR) is 50.4 cm³/mol. The Morgan fingerprint density at radius 1 is 1.57 bits per heavy atom. The van der Waals surface area contributed by atoms with Crippen molar-refractivity contribution >= 4 is 11.9 Å². The van der Waals surface area contributed by atoms with Crippen LogP contribution in [0, 0.1) is 0 Å². The van der Waals surface area contributed by atoms with Gasteiger partial charge in [-0.25, -0.2) is 0 Å². The number of amides is 1. The molecule has 1 heterocycles. The molecule has 0 spiro atoms. The highest BCUT2D eigenvalue weighted by molar-refractivity contribution is 5.80. The minimum Gasteiger partial charge on any atom is -0.469 e. The van der Waals surface area contributed by atoms with Crippen molar-refractivity contribution in [1.82, 2.24) is 4.90 Å². The van der Waals surface area contributed by atoms with E-state index < -0.39 is 0 Å². The van der Waals surface area contributed by atoms with Crippen LogP contribution in [-0.2, 0) is 14.3 Å². The van der Waals surface area contributed by atoms with Crippen molar-refractivity contribution in [3.8, 4) is 0 Å². The van der Waals surface area contributed by atoms with Gasteiger partial charge in [0.05, 0.1) is 13.2 Å². The lowest BCUT2D eigenvalue weighted by molar-refractivity contribution is -0.140. The Kier molecular flexibility index (Phi) is 3.88. The second kappa shape index (κ2) is 4.95. The van der Waals surface area contributed by atoms with Gasteiger partial charge in [-0.15, -0.1) is 0 Å². The molecule has 1 fully saturated rings. The first kappa shape index (κ1) is 11.0. The standard InChI is InChI=1S/C9H16N2O3/c1-14-8(12)3-2-5-11-6-4-7(11)9(10)13/h7H,2-6H2,1H3,(H2,10,13). The second-order valence-corrected chi connectivity index (χ2v) is 3.42. The number of esters is 1. The maximum absolute atomic E-state index is 10.8. The fourth-order valence-corrected chi connectivity index (χ4v) is 1.56. The number of primary amides is 1. The normalized spacial score (nSPS) is 21.4. The molecule has 5 heteroatoms. The van der Waals surface area contributed by atoms with Crippen molar-refractivity contribution in [2.24, 2.45) is 5.73 Å². The van der Waals surface area contributed by atoms with Crippen LogP contribution in [-0.4, -0.2) is 43.0 Å². The van der Waals surface area contributed by atoms with Crippen LogP contribution in [0.5, 0.6) is 0 Å². The van der Waals surface area contributed by atoms with Gasteiger partial charge in [0.25, 0.3) is 0 Å². The van der Waals surface area contributed by atoms with Gasteiger partial charge < -0.3 is 10.5 Å². The molecule has 1 amide bonds. The first-order valence-electron chi connectivity index (χ1n) is 4.75. The number of hydrogen-bond acceptors (Lipinski definition) is 4. The zero-order valence-electron chi connectivity index (χ0n) is 8.36. The number of rotatable bonds is 5. The van der Waals surface area contributed by atoms with Gasteiger partial charge in [0.1, 0.15) is 0 Å². The third-order valence-electron chi connectivity index (χ3n) is 2.51. The number of carbonyl (C=O) groups excluding carboxylic acids is 2. The Bertz CT molecular complexity index is 230. The first-order chi connectivity index (χ1) is 6.65. The van der Waals surface area contributed by atoms with Crippen LogP contribution in [0.4, 0.5) is 0 Å². The fraction of sp³-hybridized carbons (Fsp3) is 0.778. The van der Waals surface area contributed by atoms with E-state index in [1.165, 1.54) is 7.11 Å². The van der Waals surface area contributed by atoms with Crippen LogP contribution < -0.4 is 5.73 Å². The minimum absolute atomic E-state index is 0.118. The molecule has 1 saturated heterocycles. The molecule has 0 aromatic rings. The summed E-state index contributed by atoms with van der Waals surface area (Å²) in [7, 11) is 1.37. The summed E-state index contributed by atoms with van der Waals surface area (Å²) in [6.45, 7) is 1.64.